The molecule has 0 saturated heterocycles. The van der Waals surface area contributed by atoms with E-state index in [0.717, 1.165) is 72.3 Å². The van der Waals surface area contributed by atoms with Crippen LogP contribution in [-0.4, -0.2) is 18.0 Å². The topological polar surface area (TPSA) is 38.9 Å². The van der Waals surface area contributed by atoms with Crippen molar-refractivity contribution in [2.45, 2.75) is 66.0 Å². The van der Waals surface area contributed by atoms with Gasteiger partial charge in [-0.15, -0.1) is 48.0 Å². The largest absolute Gasteiger partial charge is 0.501 e. The average molecular weight is 929 g/mol. The SMILES string of the molecule is [2H]C(C)(C)c1cc(-c2[c-]cc(-c3ccccc3)cc2)ncc1[Si](C)(C)C.[2H]C(C)(c1ccnc(-c2[c-]ccc3c2oc2cc(-c4ccccc4)ccc23)c1)C(C)C.[Ir]. The normalized spacial score (nSPS) is 13.3. The van der Waals surface area contributed by atoms with E-state index in [4.69, 9.17) is 12.1 Å². The molecule has 3 nitrogen and oxygen atoms in total. The van der Waals surface area contributed by atoms with Crippen molar-refractivity contribution < 1.29 is 27.3 Å². The molecule has 0 N–H and O–H groups in total. The Morgan fingerprint density at radius 2 is 1.34 bits per heavy atom. The van der Waals surface area contributed by atoms with Gasteiger partial charge < -0.3 is 14.4 Å². The molecule has 0 saturated carbocycles. The van der Waals surface area contributed by atoms with Gasteiger partial charge >= 0.3 is 0 Å². The monoisotopic (exact) mass is 929 g/mol. The molecular formula is C51H50IrN2OSi-2. The van der Waals surface area contributed by atoms with Gasteiger partial charge in [0.25, 0.3) is 0 Å². The van der Waals surface area contributed by atoms with Gasteiger partial charge in [0.2, 0.25) is 0 Å². The fraction of sp³-hybridized carbons (Fsp3) is 0.216. The van der Waals surface area contributed by atoms with Crippen molar-refractivity contribution in [3.8, 4) is 44.8 Å². The third kappa shape index (κ3) is 8.87. The third-order valence-corrected chi connectivity index (χ3v) is 12.3. The van der Waals surface area contributed by atoms with Crippen LogP contribution < -0.4 is 5.19 Å². The van der Waals surface area contributed by atoms with Crippen molar-refractivity contribution >= 4 is 35.2 Å². The molecule has 3 aromatic heterocycles. The quantitative estimate of drug-likeness (QED) is 0.113. The summed E-state index contributed by atoms with van der Waals surface area (Å²) >= 11 is 0. The molecule has 0 spiro atoms. The Morgan fingerprint density at radius 1 is 0.661 bits per heavy atom. The van der Waals surface area contributed by atoms with Gasteiger partial charge in [0.05, 0.1) is 13.7 Å². The zero-order chi connectivity index (χ0) is 40.5. The molecule has 0 aliphatic carbocycles. The zero-order valence-corrected chi connectivity index (χ0v) is 36.9. The number of aromatic nitrogens is 2. The molecular weight excluding hydrogens is 877 g/mol. The van der Waals surface area contributed by atoms with Crippen molar-refractivity contribution in [3.05, 3.63) is 163 Å². The fourth-order valence-electron chi connectivity index (χ4n) is 6.90. The van der Waals surface area contributed by atoms with Crippen molar-refractivity contribution in [2.75, 3.05) is 0 Å². The minimum atomic E-state index is -1.56. The Balaban J connectivity index is 0.000000195. The van der Waals surface area contributed by atoms with Crippen LogP contribution >= 0.6 is 0 Å². The van der Waals surface area contributed by atoms with Crippen molar-refractivity contribution in [2.24, 2.45) is 5.92 Å². The molecule has 3 heterocycles. The predicted molar refractivity (Wildman–Crippen MR) is 235 cm³/mol. The minimum Gasteiger partial charge on any atom is -0.501 e. The number of fused-ring (bicyclic) bond motifs is 3. The Morgan fingerprint density at radius 3 is 1.96 bits per heavy atom. The van der Waals surface area contributed by atoms with E-state index in [9.17, 15) is 0 Å². The first-order valence-corrected chi connectivity index (χ1v) is 22.6. The number of hydrogen-bond acceptors (Lipinski definition) is 3. The number of pyridine rings is 2. The van der Waals surface area contributed by atoms with E-state index in [1.54, 1.807) is 6.20 Å². The Hall–Kier alpha value is -4.93. The molecule has 0 bridgehead atoms. The van der Waals surface area contributed by atoms with Gasteiger partial charge in [-0.1, -0.05) is 172 Å². The van der Waals surface area contributed by atoms with Gasteiger partial charge in [0.1, 0.15) is 5.58 Å². The number of hydrogen-bond donors (Lipinski definition) is 0. The molecule has 1 atom stereocenters. The molecule has 5 heteroatoms. The van der Waals surface area contributed by atoms with Crippen molar-refractivity contribution in [1.29, 1.82) is 0 Å². The number of nitrogens with zero attached hydrogens (tertiary/aromatic N) is 2. The summed E-state index contributed by atoms with van der Waals surface area (Å²) in [4.78, 5) is 9.31. The molecule has 1 unspecified atom stereocenters. The zero-order valence-electron chi connectivity index (χ0n) is 35.5. The number of rotatable bonds is 8. The van der Waals surface area contributed by atoms with Crippen LogP contribution in [0.1, 0.15) is 60.3 Å². The van der Waals surface area contributed by atoms with Gasteiger partial charge in [-0.3, -0.25) is 0 Å². The Labute approximate surface area is 350 Å². The van der Waals surface area contributed by atoms with Gasteiger partial charge in [-0.2, -0.15) is 0 Å². The van der Waals surface area contributed by atoms with Gasteiger partial charge in [0.15, 0.2) is 0 Å². The summed E-state index contributed by atoms with van der Waals surface area (Å²) in [5.41, 5.74) is 11.8. The van der Waals surface area contributed by atoms with Crippen LogP contribution in [0.4, 0.5) is 0 Å². The van der Waals surface area contributed by atoms with E-state index >= 15 is 0 Å². The Kier molecular flexibility index (Phi) is 11.8. The van der Waals surface area contributed by atoms with Gasteiger partial charge in [-0.05, 0) is 57.5 Å². The Bertz CT molecular complexity index is 2640. The molecule has 285 valence electrons. The predicted octanol–water partition coefficient (Wildman–Crippen LogP) is 13.8. The van der Waals surface area contributed by atoms with E-state index in [1.165, 1.54) is 10.8 Å². The van der Waals surface area contributed by atoms with E-state index in [2.05, 4.69) is 111 Å². The second-order valence-electron chi connectivity index (χ2n) is 15.8. The summed E-state index contributed by atoms with van der Waals surface area (Å²) < 4.78 is 23.7. The second-order valence-corrected chi connectivity index (χ2v) is 20.8. The third-order valence-electron chi connectivity index (χ3n) is 10.3. The first-order chi connectivity index (χ1) is 27.1. The standard InChI is InChI=1S/C28H24NO.C23H26NSi.Ir/c1-18(2)19(3)21-14-15-29-26(16-21)25-11-7-10-24-23-13-12-22(17-27(23)30-28(24)25)20-8-5-4-6-9-20;1-17(2)21-15-22(24-16-23(21)25(3,4)5)20-13-11-19(12-14-20)18-9-7-6-8-10-18;/h4-10,12-19H,1-3H3;6-13,15-17H,1-5H3;/q2*-1;/i19D;17D;. The van der Waals surface area contributed by atoms with Crippen LogP contribution in [0, 0.1) is 18.1 Å². The van der Waals surface area contributed by atoms with Crippen molar-refractivity contribution in [1.82, 2.24) is 9.97 Å². The smallest absolute Gasteiger partial charge is 0.121 e. The summed E-state index contributed by atoms with van der Waals surface area (Å²) in [6.45, 7) is 16.9. The molecule has 56 heavy (non-hydrogen) atoms. The van der Waals surface area contributed by atoms with E-state index in [0.29, 0.717) is 0 Å². The molecule has 8 aromatic rings. The molecule has 0 fully saturated rings. The van der Waals surface area contributed by atoms with E-state index in [-0.39, 0.29) is 26.0 Å². The molecule has 5 aromatic carbocycles. The summed E-state index contributed by atoms with van der Waals surface area (Å²) in [5, 5.41) is 3.39. The van der Waals surface area contributed by atoms with Gasteiger partial charge in [-0.25, -0.2) is 0 Å². The molecule has 1 radical (unpaired) electrons. The minimum absolute atomic E-state index is 0. The fourth-order valence-corrected chi connectivity index (χ4v) is 8.48. The second kappa shape index (κ2) is 17.5. The van der Waals surface area contributed by atoms with Crippen LogP contribution in [-0.2, 0) is 20.1 Å². The number of benzene rings is 5. The average Bonchev–Trinajstić information content (AvgIpc) is 3.59. The van der Waals surface area contributed by atoms with Crippen molar-refractivity contribution in [3.63, 3.8) is 0 Å². The van der Waals surface area contributed by atoms with Gasteiger partial charge in [0, 0.05) is 40.6 Å². The van der Waals surface area contributed by atoms with Crippen LogP contribution in [0.25, 0.3) is 66.7 Å². The summed E-state index contributed by atoms with van der Waals surface area (Å²) in [6, 6.07) is 49.9. The maximum Gasteiger partial charge on any atom is 0.121 e. The van der Waals surface area contributed by atoms with E-state index in [1.807, 2.05) is 93.7 Å². The number of furan rings is 1. The molecule has 8 rings (SSSR count). The molecule has 0 aliphatic heterocycles. The maximum atomic E-state index is 8.78. The van der Waals surface area contributed by atoms with Crippen LogP contribution in [0.15, 0.2) is 144 Å². The maximum absolute atomic E-state index is 8.78. The van der Waals surface area contributed by atoms with Crippen LogP contribution in [0.3, 0.4) is 0 Å². The first kappa shape index (κ1) is 38.0. The first-order valence-electron chi connectivity index (χ1n) is 20.1. The molecule has 0 aliphatic rings. The summed E-state index contributed by atoms with van der Waals surface area (Å²) in [6.07, 6.45) is 3.77. The summed E-state index contributed by atoms with van der Waals surface area (Å²) in [7, 11) is -1.56. The molecule has 0 amide bonds. The van der Waals surface area contributed by atoms with Crippen LogP contribution in [0.5, 0.6) is 0 Å². The van der Waals surface area contributed by atoms with E-state index < -0.39 is 19.9 Å². The summed E-state index contributed by atoms with van der Waals surface area (Å²) in [5.74, 6) is -1.15. The van der Waals surface area contributed by atoms with Crippen LogP contribution in [0.2, 0.25) is 19.6 Å².